The number of likely N-dealkylation sites (tertiary alicyclic amines) is 1. The normalized spacial score (nSPS) is 29.6. The molecule has 1 heterocycles. The van der Waals surface area contributed by atoms with Crippen molar-refractivity contribution in [3.63, 3.8) is 0 Å². The molecule has 1 aromatic carbocycles. The zero-order valence-electron chi connectivity index (χ0n) is 14.1. The summed E-state index contributed by atoms with van der Waals surface area (Å²) >= 11 is 0. The Bertz CT molecular complexity index is 718. The third kappa shape index (κ3) is 2.65. The first kappa shape index (κ1) is 16.3. The molecule has 0 aromatic heterocycles. The monoisotopic (exact) mass is 344 g/mol. The number of benzene rings is 1. The van der Waals surface area contributed by atoms with Crippen molar-refractivity contribution in [3.05, 3.63) is 41.7 Å². The zero-order valence-corrected chi connectivity index (χ0v) is 14.1. The lowest BCUT2D eigenvalue weighted by atomic mass is 9.85. The molecule has 2 amide bonds. The van der Waals surface area contributed by atoms with Gasteiger partial charge in [0.25, 0.3) is 0 Å². The minimum Gasteiger partial charge on any atom is -0.494 e. The summed E-state index contributed by atoms with van der Waals surface area (Å²) in [5.41, 5.74) is 0.886. The number of methoxy groups -OCH3 is 1. The minimum absolute atomic E-state index is 0.0166. The van der Waals surface area contributed by atoms with E-state index in [9.17, 15) is 14.0 Å². The van der Waals surface area contributed by atoms with Crippen LogP contribution in [0.5, 0.6) is 5.75 Å². The quantitative estimate of drug-likeness (QED) is 0.485. The van der Waals surface area contributed by atoms with Gasteiger partial charge in [-0.25, -0.2) is 4.39 Å². The molecule has 4 rings (SSSR count). The van der Waals surface area contributed by atoms with E-state index in [1.807, 2.05) is 0 Å². The summed E-state index contributed by atoms with van der Waals surface area (Å²) in [6, 6.07) is 4.69. The van der Waals surface area contributed by atoms with Crippen LogP contribution in [0.15, 0.2) is 30.4 Å². The van der Waals surface area contributed by atoms with Gasteiger partial charge in [-0.2, -0.15) is 0 Å². The van der Waals surface area contributed by atoms with Gasteiger partial charge < -0.3 is 10.1 Å². The van der Waals surface area contributed by atoms with Crippen molar-refractivity contribution in [2.45, 2.75) is 13.0 Å². The Morgan fingerprint density at radius 1 is 1.20 bits per heavy atom. The van der Waals surface area contributed by atoms with E-state index in [-0.39, 0.29) is 41.2 Å². The molecule has 1 aliphatic heterocycles. The van der Waals surface area contributed by atoms with E-state index in [4.69, 9.17) is 4.74 Å². The molecule has 132 valence electrons. The van der Waals surface area contributed by atoms with Crippen LogP contribution in [0.3, 0.4) is 0 Å². The van der Waals surface area contributed by atoms with E-state index >= 15 is 0 Å². The molecule has 2 bridgehead atoms. The number of hydrogen-bond acceptors (Lipinski definition) is 4. The predicted molar refractivity (Wildman–Crippen MR) is 89.1 cm³/mol. The zero-order chi connectivity index (χ0) is 17.6. The maximum atomic E-state index is 13.4. The summed E-state index contributed by atoms with van der Waals surface area (Å²) in [6.45, 7) is 1.41. The Kier molecular flexibility index (Phi) is 4.07. The van der Waals surface area contributed by atoms with E-state index in [0.29, 0.717) is 19.6 Å². The van der Waals surface area contributed by atoms with Crippen molar-refractivity contribution < 1.29 is 18.7 Å². The molecule has 3 aliphatic rings. The summed E-state index contributed by atoms with van der Waals surface area (Å²) in [6.07, 6.45) is 5.15. The molecule has 0 spiro atoms. The van der Waals surface area contributed by atoms with Crippen molar-refractivity contribution in [2.24, 2.45) is 23.7 Å². The fraction of sp³-hybridized carbons (Fsp3) is 0.474. The first-order valence-corrected chi connectivity index (χ1v) is 8.67. The largest absolute Gasteiger partial charge is 0.494 e. The van der Waals surface area contributed by atoms with Gasteiger partial charge in [0, 0.05) is 19.6 Å². The van der Waals surface area contributed by atoms with E-state index < -0.39 is 5.82 Å². The van der Waals surface area contributed by atoms with Gasteiger partial charge in [0.15, 0.2) is 11.6 Å². The van der Waals surface area contributed by atoms with Crippen molar-refractivity contribution in [1.29, 1.82) is 0 Å². The number of fused-ring (bicyclic) bond motifs is 5. The maximum absolute atomic E-state index is 13.4. The number of carbonyl (C=O) groups is 2. The number of imide groups is 1. The van der Waals surface area contributed by atoms with Gasteiger partial charge >= 0.3 is 0 Å². The van der Waals surface area contributed by atoms with Crippen LogP contribution < -0.4 is 10.1 Å². The van der Waals surface area contributed by atoms with Crippen LogP contribution in [-0.4, -0.2) is 36.9 Å². The van der Waals surface area contributed by atoms with Crippen LogP contribution >= 0.6 is 0 Å². The molecule has 4 atom stereocenters. The van der Waals surface area contributed by atoms with Gasteiger partial charge in [0.1, 0.15) is 0 Å². The molecule has 2 fully saturated rings. The lowest BCUT2D eigenvalue weighted by molar-refractivity contribution is -0.140. The maximum Gasteiger partial charge on any atom is 0.233 e. The Morgan fingerprint density at radius 3 is 2.52 bits per heavy atom. The first-order chi connectivity index (χ1) is 12.1. The Hall–Kier alpha value is -2.21. The van der Waals surface area contributed by atoms with Crippen molar-refractivity contribution >= 4 is 11.8 Å². The molecule has 1 saturated heterocycles. The second-order valence-electron chi connectivity index (χ2n) is 6.97. The summed E-state index contributed by atoms with van der Waals surface area (Å²) < 4.78 is 18.4. The lowest BCUT2D eigenvalue weighted by Gasteiger charge is -2.17. The van der Waals surface area contributed by atoms with Crippen LogP contribution in [0.4, 0.5) is 4.39 Å². The smallest absolute Gasteiger partial charge is 0.233 e. The molecule has 5 nitrogen and oxygen atoms in total. The molecule has 25 heavy (non-hydrogen) atoms. The fourth-order valence-electron chi connectivity index (χ4n) is 4.42. The van der Waals surface area contributed by atoms with Crippen LogP contribution in [0.1, 0.15) is 12.0 Å². The van der Waals surface area contributed by atoms with E-state index in [2.05, 4.69) is 17.5 Å². The Labute approximate surface area is 145 Å². The number of halogens is 1. The molecule has 1 N–H and O–H groups in total. The third-order valence-corrected chi connectivity index (χ3v) is 5.62. The number of nitrogens with zero attached hydrogens (tertiary/aromatic N) is 1. The average molecular weight is 344 g/mol. The van der Waals surface area contributed by atoms with Crippen LogP contribution in [-0.2, 0) is 16.1 Å². The van der Waals surface area contributed by atoms with E-state index in [1.54, 1.807) is 12.1 Å². The van der Waals surface area contributed by atoms with E-state index in [1.165, 1.54) is 18.1 Å². The molecule has 1 aromatic rings. The van der Waals surface area contributed by atoms with Gasteiger partial charge in [-0.1, -0.05) is 18.2 Å². The number of rotatable bonds is 6. The van der Waals surface area contributed by atoms with Crippen LogP contribution in [0, 0.1) is 29.5 Å². The molecule has 0 unspecified atom stereocenters. The van der Waals surface area contributed by atoms with Crippen LogP contribution in [0.2, 0.25) is 0 Å². The highest BCUT2D eigenvalue weighted by Crippen LogP contribution is 2.52. The average Bonchev–Trinajstić information content (AvgIpc) is 3.28. The second kappa shape index (κ2) is 6.26. The standard InChI is InChI=1S/C19H21FN2O3/c1-25-15-8-11(2-5-14(15)20)10-21-6-7-22-18(23)16-12-3-4-13(9-12)17(16)19(22)24/h2-5,8,12-13,16-17,21H,6-7,9-10H2,1H3/t12-,13-,16-,17+/m0/s1. The van der Waals surface area contributed by atoms with Gasteiger partial charge in [-0.15, -0.1) is 0 Å². The molecule has 0 radical (unpaired) electrons. The van der Waals surface area contributed by atoms with Gasteiger partial charge in [-0.3, -0.25) is 14.5 Å². The van der Waals surface area contributed by atoms with Gasteiger partial charge in [0.05, 0.1) is 18.9 Å². The summed E-state index contributed by atoms with van der Waals surface area (Å²) in [5, 5.41) is 3.20. The van der Waals surface area contributed by atoms with Crippen molar-refractivity contribution in [2.75, 3.05) is 20.2 Å². The highest BCUT2D eigenvalue weighted by Gasteiger charge is 2.58. The minimum atomic E-state index is -0.394. The molecule has 1 saturated carbocycles. The topological polar surface area (TPSA) is 58.6 Å². The summed E-state index contributed by atoms with van der Waals surface area (Å²) in [5.74, 6) is 0.00314. The number of nitrogens with one attached hydrogen (secondary N) is 1. The highest BCUT2D eigenvalue weighted by molar-refractivity contribution is 6.06. The third-order valence-electron chi connectivity index (χ3n) is 5.62. The summed E-state index contributed by atoms with van der Waals surface area (Å²) in [4.78, 5) is 26.5. The number of hydrogen-bond donors (Lipinski definition) is 1. The summed E-state index contributed by atoms with van der Waals surface area (Å²) in [7, 11) is 1.43. The fourth-order valence-corrected chi connectivity index (χ4v) is 4.42. The SMILES string of the molecule is COc1cc(CNCCN2C(=O)[C@@H]3[C@H](C2=O)[C@H]2C=C[C@H]3C2)ccc1F. The Balaban J connectivity index is 1.31. The number of ether oxygens (including phenoxy) is 1. The van der Waals surface area contributed by atoms with Crippen molar-refractivity contribution in [3.8, 4) is 5.75 Å². The number of amides is 2. The number of allylic oxidation sites excluding steroid dienone is 2. The van der Waals surface area contributed by atoms with Gasteiger partial charge in [0.2, 0.25) is 11.8 Å². The first-order valence-electron chi connectivity index (χ1n) is 8.67. The highest BCUT2D eigenvalue weighted by atomic mass is 19.1. The molecular formula is C19H21FN2O3. The molecule has 2 aliphatic carbocycles. The van der Waals surface area contributed by atoms with Gasteiger partial charge in [-0.05, 0) is 36.0 Å². The predicted octanol–water partition coefficient (Wildman–Crippen LogP) is 1.73. The lowest BCUT2D eigenvalue weighted by Crippen LogP contribution is -2.38. The second-order valence-corrected chi connectivity index (χ2v) is 6.97. The van der Waals surface area contributed by atoms with Crippen molar-refractivity contribution in [1.82, 2.24) is 10.2 Å². The Morgan fingerprint density at radius 2 is 1.88 bits per heavy atom. The van der Waals surface area contributed by atoms with E-state index in [0.717, 1.165) is 12.0 Å². The molecule has 6 heteroatoms. The molecular weight excluding hydrogens is 323 g/mol. The van der Waals surface area contributed by atoms with Crippen LogP contribution in [0.25, 0.3) is 0 Å². The number of carbonyl (C=O) groups excluding carboxylic acids is 2.